The lowest BCUT2D eigenvalue weighted by Gasteiger charge is -2.26. The Kier molecular flexibility index (Phi) is 14.6. The van der Waals surface area contributed by atoms with Gasteiger partial charge in [0.25, 0.3) is 0 Å². The van der Waals surface area contributed by atoms with Gasteiger partial charge in [-0.3, -0.25) is 4.79 Å². The maximum Gasteiger partial charge on any atom is 0.306 e. The van der Waals surface area contributed by atoms with Crippen molar-refractivity contribution in [1.82, 2.24) is 21.3 Å². The van der Waals surface area contributed by atoms with Gasteiger partial charge in [-0.05, 0) is 91.8 Å². The minimum Gasteiger partial charge on any atom is -0.460 e. The van der Waals surface area contributed by atoms with Crippen LogP contribution in [0.25, 0.3) is 0 Å². The SMILES string of the molecule is CC(C)(C)OC(=O)CCCCCCC(CCCNC1CCCCNC1)NC1CCCCNC1. The lowest BCUT2D eigenvalue weighted by atomic mass is 10.00. The third-order valence-corrected chi connectivity index (χ3v) is 6.83. The summed E-state index contributed by atoms with van der Waals surface area (Å²) in [5, 5.41) is 15.0. The molecule has 0 aromatic carbocycles. The van der Waals surface area contributed by atoms with E-state index in [0.717, 1.165) is 32.5 Å². The lowest BCUT2D eigenvalue weighted by molar-refractivity contribution is -0.154. The summed E-state index contributed by atoms with van der Waals surface area (Å²) in [5.74, 6) is -0.0562. The van der Waals surface area contributed by atoms with Crippen LogP contribution in [0.15, 0.2) is 0 Å². The molecule has 33 heavy (non-hydrogen) atoms. The molecular formula is C27H54N4O2. The van der Waals surface area contributed by atoms with E-state index in [-0.39, 0.29) is 11.6 Å². The Morgan fingerprint density at radius 3 is 2.24 bits per heavy atom. The third-order valence-electron chi connectivity index (χ3n) is 6.83. The molecular weight excluding hydrogens is 412 g/mol. The molecule has 3 unspecified atom stereocenters. The minimum absolute atomic E-state index is 0.0562. The predicted octanol–water partition coefficient (Wildman–Crippen LogP) is 4.28. The van der Waals surface area contributed by atoms with Crippen LogP contribution in [-0.2, 0) is 9.53 Å². The highest BCUT2D eigenvalue weighted by atomic mass is 16.6. The van der Waals surface area contributed by atoms with Crippen molar-refractivity contribution in [2.24, 2.45) is 0 Å². The van der Waals surface area contributed by atoms with E-state index in [1.54, 1.807) is 0 Å². The summed E-state index contributed by atoms with van der Waals surface area (Å²) in [6, 6.07) is 1.87. The van der Waals surface area contributed by atoms with Crippen LogP contribution in [-0.4, -0.2) is 62.4 Å². The molecule has 194 valence electrons. The van der Waals surface area contributed by atoms with Crippen LogP contribution in [0.4, 0.5) is 0 Å². The summed E-state index contributed by atoms with van der Waals surface area (Å²) in [6.07, 6.45) is 16.7. The highest BCUT2D eigenvalue weighted by molar-refractivity contribution is 5.69. The number of hydrogen-bond acceptors (Lipinski definition) is 6. The van der Waals surface area contributed by atoms with Crippen molar-refractivity contribution in [2.75, 3.05) is 32.7 Å². The Bertz CT molecular complexity index is 493. The van der Waals surface area contributed by atoms with Gasteiger partial charge in [0.15, 0.2) is 0 Å². The van der Waals surface area contributed by atoms with Crippen LogP contribution in [0.2, 0.25) is 0 Å². The topological polar surface area (TPSA) is 74.4 Å². The van der Waals surface area contributed by atoms with Crippen molar-refractivity contribution in [1.29, 1.82) is 0 Å². The summed E-state index contributed by atoms with van der Waals surface area (Å²) in [6.45, 7) is 11.5. The normalized spacial score (nSPS) is 23.5. The molecule has 0 bridgehead atoms. The summed E-state index contributed by atoms with van der Waals surface area (Å²) in [5.41, 5.74) is -0.371. The molecule has 2 heterocycles. The Morgan fingerprint density at radius 2 is 1.52 bits per heavy atom. The van der Waals surface area contributed by atoms with E-state index in [1.165, 1.54) is 83.7 Å². The molecule has 0 saturated carbocycles. The quantitative estimate of drug-likeness (QED) is 0.226. The smallest absolute Gasteiger partial charge is 0.306 e. The van der Waals surface area contributed by atoms with Crippen molar-refractivity contribution in [3.8, 4) is 0 Å². The first-order valence-corrected chi connectivity index (χ1v) is 14.0. The third kappa shape index (κ3) is 15.0. The van der Waals surface area contributed by atoms with Crippen LogP contribution >= 0.6 is 0 Å². The molecule has 0 radical (unpaired) electrons. The molecule has 2 aliphatic heterocycles. The summed E-state index contributed by atoms with van der Waals surface area (Å²) in [7, 11) is 0. The zero-order valence-electron chi connectivity index (χ0n) is 22.0. The predicted molar refractivity (Wildman–Crippen MR) is 139 cm³/mol. The van der Waals surface area contributed by atoms with Gasteiger partial charge in [0, 0.05) is 37.6 Å². The van der Waals surface area contributed by atoms with Gasteiger partial charge in [-0.1, -0.05) is 32.1 Å². The second-order valence-corrected chi connectivity index (χ2v) is 11.3. The van der Waals surface area contributed by atoms with Gasteiger partial charge in [-0.25, -0.2) is 0 Å². The highest BCUT2D eigenvalue weighted by Crippen LogP contribution is 2.15. The molecule has 0 spiro atoms. The molecule has 0 aromatic heterocycles. The average Bonchev–Trinajstić information content (AvgIpc) is 3.17. The van der Waals surface area contributed by atoms with Gasteiger partial charge in [0.2, 0.25) is 0 Å². The first kappa shape index (κ1) is 28.5. The fourth-order valence-electron chi connectivity index (χ4n) is 5.06. The van der Waals surface area contributed by atoms with E-state index < -0.39 is 0 Å². The Labute approximate surface area is 204 Å². The van der Waals surface area contributed by atoms with Gasteiger partial charge in [-0.2, -0.15) is 0 Å². The van der Waals surface area contributed by atoms with Gasteiger partial charge >= 0.3 is 5.97 Å². The number of hydrogen-bond donors (Lipinski definition) is 4. The zero-order valence-corrected chi connectivity index (χ0v) is 22.0. The van der Waals surface area contributed by atoms with E-state index >= 15 is 0 Å². The second-order valence-electron chi connectivity index (χ2n) is 11.3. The van der Waals surface area contributed by atoms with Crippen molar-refractivity contribution >= 4 is 5.97 Å². The number of esters is 1. The maximum absolute atomic E-state index is 11.9. The molecule has 0 amide bonds. The molecule has 2 fully saturated rings. The van der Waals surface area contributed by atoms with Crippen molar-refractivity contribution in [3.05, 3.63) is 0 Å². The molecule has 6 nitrogen and oxygen atoms in total. The van der Waals surface area contributed by atoms with Gasteiger partial charge < -0.3 is 26.0 Å². The van der Waals surface area contributed by atoms with E-state index in [4.69, 9.17) is 4.74 Å². The molecule has 6 heteroatoms. The standard InChI is InChI=1S/C27H54N4O2/c1-27(2,3)33-26(32)17-7-5-4-6-13-23(31-25-15-9-11-19-29-22-25)16-12-20-30-24-14-8-10-18-28-21-24/h23-25,28-31H,4-22H2,1-3H3. The van der Waals surface area contributed by atoms with E-state index in [9.17, 15) is 4.79 Å². The zero-order chi connectivity index (χ0) is 23.8. The van der Waals surface area contributed by atoms with E-state index in [1.807, 2.05) is 20.8 Å². The van der Waals surface area contributed by atoms with Crippen molar-refractivity contribution in [2.45, 2.75) is 134 Å². The number of ether oxygens (including phenoxy) is 1. The first-order chi connectivity index (χ1) is 15.9. The van der Waals surface area contributed by atoms with Crippen LogP contribution in [0.1, 0.15) is 111 Å². The number of rotatable bonds is 14. The molecule has 3 atom stereocenters. The number of nitrogens with one attached hydrogen (secondary N) is 4. The lowest BCUT2D eigenvalue weighted by Crippen LogP contribution is -2.44. The fraction of sp³-hybridized carbons (Fsp3) is 0.963. The Morgan fingerprint density at radius 1 is 0.879 bits per heavy atom. The van der Waals surface area contributed by atoms with Gasteiger partial charge in [-0.15, -0.1) is 0 Å². The molecule has 2 saturated heterocycles. The molecule has 4 N–H and O–H groups in total. The molecule has 0 aromatic rings. The van der Waals surface area contributed by atoms with Crippen LogP contribution in [0.5, 0.6) is 0 Å². The number of unbranched alkanes of at least 4 members (excludes halogenated alkanes) is 3. The van der Waals surface area contributed by atoms with Crippen LogP contribution in [0.3, 0.4) is 0 Å². The van der Waals surface area contributed by atoms with Gasteiger partial charge in [0.1, 0.15) is 5.60 Å². The largest absolute Gasteiger partial charge is 0.460 e. The Balaban J connectivity index is 1.64. The van der Waals surface area contributed by atoms with E-state index in [0.29, 0.717) is 24.5 Å². The van der Waals surface area contributed by atoms with E-state index in [2.05, 4.69) is 21.3 Å². The molecule has 0 aliphatic carbocycles. The first-order valence-electron chi connectivity index (χ1n) is 14.0. The van der Waals surface area contributed by atoms with Gasteiger partial charge in [0.05, 0.1) is 0 Å². The molecule has 2 rings (SSSR count). The summed E-state index contributed by atoms with van der Waals surface area (Å²) < 4.78 is 5.42. The summed E-state index contributed by atoms with van der Waals surface area (Å²) >= 11 is 0. The summed E-state index contributed by atoms with van der Waals surface area (Å²) in [4.78, 5) is 11.9. The maximum atomic E-state index is 11.9. The number of carbonyl (C=O) groups is 1. The van der Waals surface area contributed by atoms with Crippen LogP contribution < -0.4 is 21.3 Å². The van der Waals surface area contributed by atoms with Crippen molar-refractivity contribution < 1.29 is 9.53 Å². The average molecular weight is 467 g/mol. The van der Waals surface area contributed by atoms with Crippen LogP contribution in [0, 0.1) is 0 Å². The Hall–Kier alpha value is -0.690. The molecule has 2 aliphatic rings. The fourth-order valence-corrected chi connectivity index (χ4v) is 5.06. The highest BCUT2D eigenvalue weighted by Gasteiger charge is 2.18. The van der Waals surface area contributed by atoms with Crippen molar-refractivity contribution in [3.63, 3.8) is 0 Å². The minimum atomic E-state index is -0.371. The second kappa shape index (κ2) is 16.9. The monoisotopic (exact) mass is 466 g/mol. The number of carbonyl (C=O) groups excluding carboxylic acids is 1.